The third-order valence-electron chi connectivity index (χ3n) is 3.53. The van der Waals surface area contributed by atoms with Crippen LogP contribution in [0.25, 0.3) is 0 Å². The minimum Gasteiger partial charge on any atom is -0.294 e. The third-order valence-corrected chi connectivity index (χ3v) is 4.95. The summed E-state index contributed by atoms with van der Waals surface area (Å²) in [6.07, 6.45) is 2.11. The van der Waals surface area contributed by atoms with Gasteiger partial charge in [-0.2, -0.15) is 0 Å². The topological polar surface area (TPSA) is 30.0 Å². The Balaban J connectivity index is 1.91. The van der Waals surface area contributed by atoms with Gasteiger partial charge in [0.25, 0.3) is 0 Å². The fourth-order valence-corrected chi connectivity index (χ4v) is 3.71. The average molecular weight is 257 g/mol. The number of aromatic nitrogens is 1. The smallest absolute Gasteiger partial charge is 0.171 e. The summed E-state index contributed by atoms with van der Waals surface area (Å²) in [5.74, 6) is 0.589. The van der Waals surface area contributed by atoms with Crippen molar-refractivity contribution in [3.63, 3.8) is 0 Å². The molecule has 0 atom stereocenters. The number of carbonyl (C=O) groups excluding carboxylic acids is 1. The highest BCUT2D eigenvalue weighted by molar-refractivity contribution is 7.13. The van der Waals surface area contributed by atoms with Crippen LogP contribution in [-0.2, 0) is 12.8 Å². The van der Waals surface area contributed by atoms with Gasteiger partial charge < -0.3 is 0 Å². The third kappa shape index (κ3) is 1.89. The number of aryl methyl sites for hydroxylation is 1. The van der Waals surface area contributed by atoms with Crippen LogP contribution in [0.3, 0.4) is 0 Å². The standard InChI is InChI=1S/C15H15NOS/c1-9-14(10(2)17)18-15(16-9)13-7-11-5-3-4-6-12(11)8-13/h3-6,13H,7-8H2,1-2H3. The van der Waals surface area contributed by atoms with Crippen LogP contribution in [0.5, 0.6) is 0 Å². The highest BCUT2D eigenvalue weighted by Crippen LogP contribution is 2.36. The molecule has 0 bridgehead atoms. The van der Waals surface area contributed by atoms with Crippen molar-refractivity contribution in [2.24, 2.45) is 0 Å². The lowest BCUT2D eigenvalue weighted by Crippen LogP contribution is -1.96. The first kappa shape index (κ1) is 11.6. The molecule has 0 saturated heterocycles. The zero-order valence-corrected chi connectivity index (χ0v) is 11.4. The molecule has 1 aromatic carbocycles. The number of ketones is 1. The fourth-order valence-electron chi connectivity index (χ4n) is 2.65. The second-order valence-corrected chi connectivity index (χ2v) is 5.93. The molecule has 18 heavy (non-hydrogen) atoms. The molecule has 1 aliphatic carbocycles. The molecule has 1 heterocycles. The number of thiazole rings is 1. The van der Waals surface area contributed by atoms with E-state index in [1.165, 1.54) is 11.1 Å². The van der Waals surface area contributed by atoms with Crippen molar-refractivity contribution in [3.05, 3.63) is 51.0 Å². The Morgan fingerprint density at radius 3 is 2.39 bits per heavy atom. The Hall–Kier alpha value is -1.48. The molecule has 2 aromatic rings. The van der Waals surface area contributed by atoms with E-state index in [0.717, 1.165) is 28.4 Å². The van der Waals surface area contributed by atoms with E-state index in [1.54, 1.807) is 18.3 Å². The van der Waals surface area contributed by atoms with E-state index in [1.807, 2.05) is 6.92 Å². The van der Waals surface area contributed by atoms with Gasteiger partial charge in [-0.15, -0.1) is 11.3 Å². The van der Waals surface area contributed by atoms with Gasteiger partial charge >= 0.3 is 0 Å². The molecule has 0 amide bonds. The van der Waals surface area contributed by atoms with Crippen molar-refractivity contribution in [1.29, 1.82) is 0 Å². The Bertz CT molecular complexity index is 590. The van der Waals surface area contributed by atoms with Gasteiger partial charge in [-0.1, -0.05) is 24.3 Å². The first-order valence-corrected chi connectivity index (χ1v) is 7.02. The average Bonchev–Trinajstić information content (AvgIpc) is 2.91. The first-order valence-electron chi connectivity index (χ1n) is 6.20. The van der Waals surface area contributed by atoms with E-state index >= 15 is 0 Å². The van der Waals surface area contributed by atoms with Gasteiger partial charge in [0.2, 0.25) is 0 Å². The summed E-state index contributed by atoms with van der Waals surface area (Å²) < 4.78 is 0. The quantitative estimate of drug-likeness (QED) is 0.770. The number of carbonyl (C=O) groups is 1. The number of rotatable bonds is 2. The zero-order chi connectivity index (χ0) is 12.7. The number of hydrogen-bond acceptors (Lipinski definition) is 3. The Kier molecular flexibility index (Phi) is 2.78. The van der Waals surface area contributed by atoms with Crippen molar-refractivity contribution < 1.29 is 4.79 Å². The van der Waals surface area contributed by atoms with Crippen molar-refractivity contribution in [1.82, 2.24) is 4.98 Å². The van der Waals surface area contributed by atoms with E-state index in [-0.39, 0.29) is 5.78 Å². The number of benzene rings is 1. The molecule has 1 aliphatic rings. The lowest BCUT2D eigenvalue weighted by molar-refractivity contribution is 0.102. The van der Waals surface area contributed by atoms with Crippen molar-refractivity contribution >= 4 is 17.1 Å². The van der Waals surface area contributed by atoms with Gasteiger partial charge in [-0.3, -0.25) is 4.79 Å². The maximum Gasteiger partial charge on any atom is 0.171 e. The van der Waals surface area contributed by atoms with Gasteiger partial charge in [0.15, 0.2) is 5.78 Å². The Labute approximate surface area is 111 Å². The van der Waals surface area contributed by atoms with Crippen molar-refractivity contribution in [2.75, 3.05) is 0 Å². The molecule has 0 saturated carbocycles. The Morgan fingerprint density at radius 2 is 1.89 bits per heavy atom. The SMILES string of the molecule is CC(=O)c1sc(C2Cc3ccccc3C2)nc1C. The highest BCUT2D eigenvalue weighted by Gasteiger charge is 2.26. The monoisotopic (exact) mass is 257 g/mol. The van der Waals surface area contributed by atoms with Crippen LogP contribution in [0.1, 0.15) is 44.3 Å². The van der Waals surface area contributed by atoms with Crippen LogP contribution >= 0.6 is 11.3 Å². The molecule has 0 spiro atoms. The molecule has 0 N–H and O–H groups in total. The predicted octanol–water partition coefficient (Wildman–Crippen LogP) is 3.54. The maximum atomic E-state index is 11.5. The molecule has 92 valence electrons. The minimum atomic E-state index is 0.131. The van der Waals surface area contributed by atoms with E-state index in [2.05, 4.69) is 29.2 Å². The van der Waals surface area contributed by atoms with Crippen LogP contribution in [0, 0.1) is 6.92 Å². The minimum absolute atomic E-state index is 0.131. The van der Waals surface area contributed by atoms with E-state index in [9.17, 15) is 4.79 Å². The normalized spacial score (nSPS) is 14.8. The molecule has 3 rings (SSSR count). The number of fused-ring (bicyclic) bond motifs is 1. The predicted molar refractivity (Wildman–Crippen MR) is 73.4 cm³/mol. The molecule has 1 aromatic heterocycles. The summed E-state index contributed by atoms with van der Waals surface area (Å²) in [4.78, 5) is 16.9. The molecule has 0 fully saturated rings. The second kappa shape index (κ2) is 4.32. The van der Waals surface area contributed by atoms with Crippen LogP contribution in [0.2, 0.25) is 0 Å². The zero-order valence-electron chi connectivity index (χ0n) is 10.6. The van der Waals surface area contributed by atoms with Gasteiger partial charge in [0, 0.05) is 12.8 Å². The number of nitrogens with zero attached hydrogens (tertiary/aromatic N) is 1. The number of Topliss-reactive ketones (excluding diaryl/α,β-unsaturated/α-hetero) is 1. The van der Waals surface area contributed by atoms with Crippen molar-refractivity contribution in [3.8, 4) is 0 Å². The molecular formula is C15H15NOS. The molecule has 0 aliphatic heterocycles. The van der Waals surface area contributed by atoms with Gasteiger partial charge in [0.05, 0.1) is 15.6 Å². The van der Waals surface area contributed by atoms with Crippen LogP contribution < -0.4 is 0 Å². The van der Waals surface area contributed by atoms with Crippen LogP contribution in [0.4, 0.5) is 0 Å². The summed E-state index contributed by atoms with van der Waals surface area (Å²) in [5, 5.41) is 1.12. The second-order valence-electron chi connectivity index (χ2n) is 4.90. The lowest BCUT2D eigenvalue weighted by atomic mass is 10.1. The summed E-state index contributed by atoms with van der Waals surface area (Å²) in [5.41, 5.74) is 3.75. The van der Waals surface area contributed by atoms with Crippen molar-refractivity contribution in [2.45, 2.75) is 32.6 Å². The fraction of sp³-hybridized carbons (Fsp3) is 0.333. The van der Waals surface area contributed by atoms with Gasteiger partial charge in [-0.25, -0.2) is 4.98 Å². The number of hydrogen-bond donors (Lipinski definition) is 0. The van der Waals surface area contributed by atoms with Crippen LogP contribution in [0.15, 0.2) is 24.3 Å². The molecule has 2 nitrogen and oxygen atoms in total. The lowest BCUT2D eigenvalue weighted by Gasteiger charge is -2.02. The summed E-state index contributed by atoms with van der Waals surface area (Å²) in [6, 6.07) is 8.58. The van der Waals surface area contributed by atoms with Gasteiger partial charge in [0.1, 0.15) is 0 Å². The highest BCUT2D eigenvalue weighted by atomic mass is 32.1. The molecular weight excluding hydrogens is 242 g/mol. The summed E-state index contributed by atoms with van der Waals surface area (Å²) in [7, 11) is 0. The van der Waals surface area contributed by atoms with Gasteiger partial charge in [-0.05, 0) is 30.9 Å². The van der Waals surface area contributed by atoms with E-state index < -0.39 is 0 Å². The maximum absolute atomic E-state index is 11.5. The van der Waals surface area contributed by atoms with E-state index in [4.69, 9.17) is 0 Å². The summed E-state index contributed by atoms with van der Waals surface area (Å²) in [6.45, 7) is 3.55. The van der Waals surface area contributed by atoms with E-state index in [0.29, 0.717) is 5.92 Å². The summed E-state index contributed by atoms with van der Waals surface area (Å²) >= 11 is 1.57. The first-order chi connectivity index (χ1) is 8.65. The van der Waals surface area contributed by atoms with Crippen LogP contribution in [-0.4, -0.2) is 10.8 Å². The largest absolute Gasteiger partial charge is 0.294 e. The molecule has 3 heteroatoms. The Morgan fingerprint density at radius 1 is 1.28 bits per heavy atom. The molecule has 0 unspecified atom stereocenters. The molecule has 0 radical (unpaired) electrons.